The minimum atomic E-state index is -0.266. The van der Waals surface area contributed by atoms with Crippen LogP contribution in [-0.4, -0.2) is 17.9 Å². The van der Waals surface area contributed by atoms with Crippen molar-refractivity contribution in [3.8, 4) is 5.75 Å². The van der Waals surface area contributed by atoms with Crippen molar-refractivity contribution < 1.29 is 13.9 Å². The topological polar surface area (TPSA) is 47.4 Å². The summed E-state index contributed by atoms with van der Waals surface area (Å²) in [7, 11) is 0. The van der Waals surface area contributed by atoms with Crippen molar-refractivity contribution in [3.63, 3.8) is 0 Å². The summed E-state index contributed by atoms with van der Waals surface area (Å²) in [5.41, 5.74) is 2.59. The maximum absolute atomic E-state index is 5.85. The maximum Gasteiger partial charge on any atom is 0.266 e. The summed E-state index contributed by atoms with van der Waals surface area (Å²) >= 11 is 4.99. The molecule has 1 aromatic carbocycles. The van der Waals surface area contributed by atoms with Gasteiger partial charge < -0.3 is 18.9 Å². The fourth-order valence-corrected chi connectivity index (χ4v) is 2.40. The van der Waals surface area contributed by atoms with E-state index >= 15 is 0 Å². The number of fused-ring (bicyclic) bond motifs is 1. The van der Waals surface area contributed by atoms with E-state index in [4.69, 9.17) is 26.1 Å². The zero-order chi connectivity index (χ0) is 15.2. The fraction of sp³-hybridized carbons (Fsp3) is 0.562. The van der Waals surface area contributed by atoms with E-state index in [1.165, 1.54) is 19.3 Å². The second-order valence-electron chi connectivity index (χ2n) is 5.25. The molecule has 1 heterocycles. The number of oxazole rings is 1. The van der Waals surface area contributed by atoms with Crippen LogP contribution in [0.2, 0.25) is 0 Å². The standard InChI is InChI=1S/C16H23NO3S/c1-4-5-6-7-8-18-12(3)19-14-10-13-15(9-11(14)2)20-16(21)17-13/h9-10,12H,4-8H2,1-3H3,(H,17,21). The lowest BCUT2D eigenvalue weighted by molar-refractivity contribution is -0.0679. The number of H-pyrrole nitrogens is 1. The van der Waals surface area contributed by atoms with Gasteiger partial charge in [-0.05, 0) is 44.1 Å². The third kappa shape index (κ3) is 4.58. The van der Waals surface area contributed by atoms with E-state index < -0.39 is 0 Å². The molecule has 2 rings (SSSR count). The van der Waals surface area contributed by atoms with Gasteiger partial charge in [-0.25, -0.2) is 0 Å². The molecule has 0 spiro atoms. The molecule has 0 bridgehead atoms. The average Bonchev–Trinajstić information content (AvgIpc) is 2.78. The van der Waals surface area contributed by atoms with Crippen molar-refractivity contribution in [3.05, 3.63) is 22.5 Å². The first kappa shape index (κ1) is 16.0. The molecule has 1 unspecified atom stereocenters. The van der Waals surface area contributed by atoms with Crippen LogP contribution >= 0.6 is 12.2 Å². The molecule has 116 valence electrons. The van der Waals surface area contributed by atoms with Gasteiger partial charge in [0, 0.05) is 6.07 Å². The molecule has 1 aromatic heterocycles. The van der Waals surface area contributed by atoms with Crippen LogP contribution in [0.5, 0.6) is 5.75 Å². The Kier molecular flexibility index (Phi) is 5.82. The smallest absolute Gasteiger partial charge is 0.266 e. The van der Waals surface area contributed by atoms with Crippen LogP contribution in [-0.2, 0) is 4.74 Å². The summed E-state index contributed by atoms with van der Waals surface area (Å²) < 4.78 is 16.9. The Morgan fingerprint density at radius 2 is 2.10 bits per heavy atom. The minimum absolute atomic E-state index is 0.266. The van der Waals surface area contributed by atoms with Gasteiger partial charge in [-0.1, -0.05) is 26.2 Å². The first-order valence-electron chi connectivity index (χ1n) is 7.52. The van der Waals surface area contributed by atoms with E-state index in [0.29, 0.717) is 4.84 Å². The monoisotopic (exact) mass is 309 g/mol. The van der Waals surface area contributed by atoms with Gasteiger partial charge in [-0.2, -0.15) is 0 Å². The molecule has 0 radical (unpaired) electrons. The highest BCUT2D eigenvalue weighted by Gasteiger charge is 2.10. The van der Waals surface area contributed by atoms with Crippen molar-refractivity contribution in [2.24, 2.45) is 0 Å². The van der Waals surface area contributed by atoms with Crippen LogP contribution in [0.25, 0.3) is 11.1 Å². The summed E-state index contributed by atoms with van der Waals surface area (Å²) in [5, 5.41) is 0. The number of aryl methyl sites for hydroxylation is 1. The highest BCUT2D eigenvalue weighted by Crippen LogP contribution is 2.26. The summed E-state index contributed by atoms with van der Waals surface area (Å²) in [5.74, 6) is 0.788. The predicted octanol–water partition coefficient (Wildman–Crippen LogP) is 5.12. The summed E-state index contributed by atoms with van der Waals surface area (Å²) in [6.45, 7) is 6.83. The largest absolute Gasteiger partial charge is 0.465 e. The zero-order valence-electron chi connectivity index (χ0n) is 12.9. The third-order valence-electron chi connectivity index (χ3n) is 3.36. The van der Waals surface area contributed by atoms with E-state index in [2.05, 4.69) is 11.9 Å². The molecule has 1 N–H and O–H groups in total. The maximum atomic E-state index is 5.85. The van der Waals surface area contributed by atoms with Crippen LogP contribution < -0.4 is 4.74 Å². The number of benzene rings is 1. The van der Waals surface area contributed by atoms with Gasteiger partial charge in [0.15, 0.2) is 11.9 Å². The van der Waals surface area contributed by atoms with Crippen LogP contribution in [0.1, 0.15) is 45.1 Å². The van der Waals surface area contributed by atoms with Crippen LogP contribution in [0.15, 0.2) is 16.5 Å². The third-order valence-corrected chi connectivity index (χ3v) is 3.55. The van der Waals surface area contributed by atoms with E-state index in [1.807, 2.05) is 26.0 Å². The number of nitrogens with one attached hydrogen (secondary N) is 1. The average molecular weight is 309 g/mol. The van der Waals surface area contributed by atoms with Crippen molar-refractivity contribution >= 4 is 23.3 Å². The normalized spacial score (nSPS) is 12.7. The number of hydrogen-bond donors (Lipinski definition) is 1. The molecule has 0 saturated carbocycles. The van der Waals surface area contributed by atoms with Crippen LogP contribution in [0.4, 0.5) is 0 Å². The number of ether oxygens (including phenoxy) is 2. The molecule has 0 fully saturated rings. The van der Waals surface area contributed by atoms with Gasteiger partial charge in [-0.15, -0.1) is 0 Å². The minimum Gasteiger partial charge on any atom is -0.465 e. The molecule has 0 aliphatic rings. The van der Waals surface area contributed by atoms with Gasteiger partial charge in [0.1, 0.15) is 5.75 Å². The van der Waals surface area contributed by atoms with Gasteiger partial charge in [0.25, 0.3) is 4.84 Å². The molecule has 1 atom stereocenters. The lowest BCUT2D eigenvalue weighted by Gasteiger charge is -2.17. The second kappa shape index (κ2) is 7.61. The number of rotatable bonds is 8. The Hall–Kier alpha value is -1.33. The Bertz CT molecular complexity index is 632. The van der Waals surface area contributed by atoms with Crippen molar-refractivity contribution in [1.82, 2.24) is 4.98 Å². The van der Waals surface area contributed by atoms with E-state index in [0.717, 1.165) is 35.4 Å². The molecule has 5 heteroatoms. The lowest BCUT2D eigenvalue weighted by atomic mass is 10.2. The van der Waals surface area contributed by atoms with E-state index in [1.54, 1.807) is 0 Å². The van der Waals surface area contributed by atoms with E-state index in [9.17, 15) is 0 Å². The van der Waals surface area contributed by atoms with Gasteiger partial charge in [0.05, 0.1) is 12.1 Å². The molecular weight excluding hydrogens is 286 g/mol. The van der Waals surface area contributed by atoms with Gasteiger partial charge in [0.2, 0.25) is 0 Å². The molecule has 21 heavy (non-hydrogen) atoms. The Labute approximate surface area is 130 Å². The van der Waals surface area contributed by atoms with Crippen molar-refractivity contribution in [2.45, 2.75) is 52.7 Å². The quantitative estimate of drug-likeness (QED) is 0.417. The predicted molar refractivity (Wildman–Crippen MR) is 86.3 cm³/mol. The molecule has 0 aliphatic carbocycles. The first-order chi connectivity index (χ1) is 10.1. The van der Waals surface area contributed by atoms with Gasteiger partial charge in [-0.3, -0.25) is 0 Å². The molecule has 4 nitrogen and oxygen atoms in total. The first-order valence-corrected chi connectivity index (χ1v) is 7.92. The van der Waals surface area contributed by atoms with Crippen LogP contribution in [0, 0.1) is 11.8 Å². The van der Waals surface area contributed by atoms with Crippen molar-refractivity contribution in [2.75, 3.05) is 6.61 Å². The molecule has 2 aromatic rings. The highest BCUT2D eigenvalue weighted by atomic mass is 32.1. The van der Waals surface area contributed by atoms with Crippen LogP contribution in [0.3, 0.4) is 0 Å². The number of aromatic nitrogens is 1. The Morgan fingerprint density at radius 1 is 1.29 bits per heavy atom. The number of unbranched alkanes of at least 4 members (excludes halogenated alkanes) is 3. The number of aromatic amines is 1. The summed E-state index contributed by atoms with van der Waals surface area (Å²) in [6, 6.07) is 3.83. The Balaban J connectivity index is 1.92. The second-order valence-corrected chi connectivity index (χ2v) is 5.62. The molecule has 0 aliphatic heterocycles. The lowest BCUT2D eigenvalue weighted by Crippen LogP contribution is -2.17. The highest BCUT2D eigenvalue weighted by molar-refractivity contribution is 7.71. The fourth-order valence-electron chi connectivity index (χ4n) is 2.20. The molecular formula is C16H23NO3S. The Morgan fingerprint density at radius 3 is 2.86 bits per heavy atom. The molecule has 0 saturated heterocycles. The van der Waals surface area contributed by atoms with Gasteiger partial charge >= 0.3 is 0 Å². The van der Waals surface area contributed by atoms with E-state index in [-0.39, 0.29) is 6.29 Å². The summed E-state index contributed by atoms with van der Waals surface area (Å²) in [6.07, 6.45) is 4.51. The SMILES string of the molecule is CCCCCCOC(C)Oc1cc2[nH]c(=S)oc2cc1C. The number of hydrogen-bond acceptors (Lipinski definition) is 4. The van der Waals surface area contributed by atoms with Crippen molar-refractivity contribution in [1.29, 1.82) is 0 Å². The summed E-state index contributed by atoms with van der Waals surface area (Å²) in [4.78, 5) is 3.37. The molecule has 0 amide bonds. The zero-order valence-corrected chi connectivity index (χ0v) is 13.7.